The van der Waals surface area contributed by atoms with Crippen LogP contribution >= 0.6 is 0 Å². The van der Waals surface area contributed by atoms with Gasteiger partial charge in [0, 0.05) is 25.4 Å². The fourth-order valence-electron chi connectivity index (χ4n) is 1.43. The third-order valence-corrected chi connectivity index (χ3v) is 2.16. The van der Waals surface area contributed by atoms with Crippen LogP contribution in [0.15, 0.2) is 6.20 Å². The van der Waals surface area contributed by atoms with Crippen molar-refractivity contribution in [2.45, 2.75) is 39.5 Å². The molecule has 2 nitrogen and oxygen atoms in total. The van der Waals surface area contributed by atoms with Gasteiger partial charge in [-0.3, -0.25) is 0 Å². The molecule has 1 heterocycles. The van der Waals surface area contributed by atoms with Crippen molar-refractivity contribution in [1.82, 2.24) is 9.55 Å². The Morgan fingerprint density at radius 2 is 1.92 bits per heavy atom. The first kappa shape index (κ1) is 9.30. The second kappa shape index (κ2) is 4.29. The molecule has 12 heavy (non-hydrogen) atoms. The van der Waals surface area contributed by atoms with E-state index in [1.54, 1.807) is 0 Å². The molecule has 0 saturated heterocycles. The number of nitrogens with zero attached hydrogens (tertiary/aromatic N) is 2. The minimum Gasteiger partial charge on any atom is -0.335 e. The van der Waals surface area contributed by atoms with Crippen LogP contribution in [0.1, 0.15) is 38.2 Å². The average molecular weight is 166 g/mol. The summed E-state index contributed by atoms with van der Waals surface area (Å²) < 4.78 is 2.23. The highest BCUT2D eigenvalue weighted by molar-refractivity contribution is 5.04. The van der Waals surface area contributed by atoms with Gasteiger partial charge in [0.15, 0.2) is 0 Å². The number of aromatic nitrogens is 2. The normalized spacial score (nSPS) is 10.6. The van der Waals surface area contributed by atoms with E-state index in [1.165, 1.54) is 24.4 Å². The lowest BCUT2D eigenvalue weighted by atomic mass is 10.3. The van der Waals surface area contributed by atoms with Crippen LogP contribution in [0.5, 0.6) is 0 Å². The third kappa shape index (κ3) is 1.87. The zero-order chi connectivity index (χ0) is 8.97. The van der Waals surface area contributed by atoms with Crippen molar-refractivity contribution in [3.05, 3.63) is 17.7 Å². The van der Waals surface area contributed by atoms with Gasteiger partial charge < -0.3 is 4.57 Å². The topological polar surface area (TPSA) is 17.8 Å². The van der Waals surface area contributed by atoms with Crippen LogP contribution in [-0.2, 0) is 19.9 Å². The quantitative estimate of drug-likeness (QED) is 0.671. The SMILES string of the molecule is CCCc1cnc(CCC)n1C. The van der Waals surface area contributed by atoms with Crippen molar-refractivity contribution in [2.75, 3.05) is 0 Å². The smallest absolute Gasteiger partial charge is 0.108 e. The summed E-state index contributed by atoms with van der Waals surface area (Å²) in [5.74, 6) is 1.22. The highest BCUT2D eigenvalue weighted by Gasteiger charge is 2.03. The molecule has 0 aliphatic heterocycles. The molecule has 1 rings (SSSR count). The van der Waals surface area contributed by atoms with E-state index in [4.69, 9.17) is 0 Å². The molecule has 0 aliphatic carbocycles. The van der Waals surface area contributed by atoms with Crippen LogP contribution in [0, 0.1) is 0 Å². The van der Waals surface area contributed by atoms with Gasteiger partial charge in [0.2, 0.25) is 0 Å². The summed E-state index contributed by atoms with van der Waals surface area (Å²) in [4.78, 5) is 4.39. The fourth-order valence-corrected chi connectivity index (χ4v) is 1.43. The minimum atomic E-state index is 1.10. The zero-order valence-electron chi connectivity index (χ0n) is 8.30. The number of rotatable bonds is 4. The summed E-state index contributed by atoms with van der Waals surface area (Å²) in [6.45, 7) is 4.39. The Morgan fingerprint density at radius 1 is 1.25 bits per heavy atom. The lowest BCUT2D eigenvalue weighted by Gasteiger charge is -2.03. The van der Waals surface area contributed by atoms with Crippen LogP contribution in [0.25, 0.3) is 0 Å². The van der Waals surface area contributed by atoms with Crippen LogP contribution in [0.3, 0.4) is 0 Å². The van der Waals surface area contributed by atoms with E-state index in [2.05, 4.69) is 30.4 Å². The number of hydrogen-bond acceptors (Lipinski definition) is 1. The Bertz CT molecular complexity index is 214. The first-order valence-electron chi connectivity index (χ1n) is 4.79. The average Bonchev–Trinajstić information content (AvgIpc) is 2.38. The molecule has 0 spiro atoms. The highest BCUT2D eigenvalue weighted by atomic mass is 15.1. The molecule has 0 bridgehead atoms. The molecule has 0 saturated carbocycles. The monoisotopic (exact) mass is 166 g/mol. The number of imidazole rings is 1. The number of hydrogen-bond donors (Lipinski definition) is 0. The van der Waals surface area contributed by atoms with Gasteiger partial charge in [-0.25, -0.2) is 4.98 Å². The van der Waals surface area contributed by atoms with E-state index in [-0.39, 0.29) is 0 Å². The van der Waals surface area contributed by atoms with E-state index in [0.717, 1.165) is 12.8 Å². The van der Waals surface area contributed by atoms with E-state index in [1.807, 2.05) is 6.20 Å². The summed E-state index contributed by atoms with van der Waals surface area (Å²) >= 11 is 0. The van der Waals surface area contributed by atoms with Crippen molar-refractivity contribution in [3.63, 3.8) is 0 Å². The molecule has 0 aromatic carbocycles. The molecule has 0 aliphatic rings. The predicted octanol–water partition coefficient (Wildman–Crippen LogP) is 2.33. The Kier molecular flexibility index (Phi) is 3.32. The van der Waals surface area contributed by atoms with E-state index >= 15 is 0 Å². The lowest BCUT2D eigenvalue weighted by molar-refractivity contribution is 0.716. The molecule has 1 aromatic heterocycles. The molecule has 2 heteroatoms. The molecule has 0 unspecified atom stereocenters. The van der Waals surface area contributed by atoms with Gasteiger partial charge in [-0.2, -0.15) is 0 Å². The van der Waals surface area contributed by atoms with Crippen LogP contribution in [0.2, 0.25) is 0 Å². The van der Waals surface area contributed by atoms with Crippen LogP contribution < -0.4 is 0 Å². The Hall–Kier alpha value is -0.790. The maximum Gasteiger partial charge on any atom is 0.108 e. The summed E-state index contributed by atoms with van der Waals surface area (Å²) in [5, 5.41) is 0. The molecular formula is C10H18N2. The van der Waals surface area contributed by atoms with E-state index < -0.39 is 0 Å². The van der Waals surface area contributed by atoms with Gasteiger partial charge in [-0.1, -0.05) is 20.3 Å². The van der Waals surface area contributed by atoms with Crippen molar-refractivity contribution in [3.8, 4) is 0 Å². The Balaban J connectivity index is 2.74. The van der Waals surface area contributed by atoms with Gasteiger partial charge in [-0.05, 0) is 12.8 Å². The molecule has 0 fully saturated rings. The molecule has 68 valence electrons. The summed E-state index contributed by atoms with van der Waals surface area (Å²) in [6.07, 6.45) is 6.63. The Labute approximate surface area is 74.6 Å². The van der Waals surface area contributed by atoms with Gasteiger partial charge in [0.25, 0.3) is 0 Å². The largest absolute Gasteiger partial charge is 0.335 e. The fraction of sp³-hybridized carbons (Fsp3) is 0.700. The van der Waals surface area contributed by atoms with Crippen LogP contribution in [-0.4, -0.2) is 9.55 Å². The van der Waals surface area contributed by atoms with Crippen LogP contribution in [0.4, 0.5) is 0 Å². The van der Waals surface area contributed by atoms with E-state index in [9.17, 15) is 0 Å². The first-order valence-corrected chi connectivity index (χ1v) is 4.79. The summed E-state index contributed by atoms with van der Waals surface area (Å²) in [7, 11) is 2.11. The molecule has 0 N–H and O–H groups in total. The zero-order valence-corrected chi connectivity index (χ0v) is 8.30. The molecular weight excluding hydrogens is 148 g/mol. The second-order valence-electron chi connectivity index (χ2n) is 3.22. The standard InChI is InChI=1S/C10H18N2/c1-4-6-9-8-11-10(7-5-2)12(9)3/h8H,4-7H2,1-3H3. The van der Waals surface area contributed by atoms with Gasteiger partial charge in [0.1, 0.15) is 5.82 Å². The minimum absolute atomic E-state index is 1.10. The molecule has 0 radical (unpaired) electrons. The highest BCUT2D eigenvalue weighted by Crippen LogP contribution is 2.07. The summed E-state index contributed by atoms with van der Waals surface area (Å²) in [6, 6.07) is 0. The van der Waals surface area contributed by atoms with Gasteiger partial charge >= 0.3 is 0 Å². The van der Waals surface area contributed by atoms with Crippen molar-refractivity contribution < 1.29 is 0 Å². The predicted molar refractivity (Wildman–Crippen MR) is 51.2 cm³/mol. The van der Waals surface area contributed by atoms with Crippen molar-refractivity contribution in [1.29, 1.82) is 0 Å². The summed E-state index contributed by atoms with van der Waals surface area (Å²) in [5.41, 5.74) is 1.36. The second-order valence-corrected chi connectivity index (χ2v) is 3.22. The molecule has 0 atom stereocenters. The lowest BCUT2D eigenvalue weighted by Crippen LogP contribution is -2.01. The van der Waals surface area contributed by atoms with Gasteiger partial charge in [0.05, 0.1) is 0 Å². The van der Waals surface area contributed by atoms with E-state index in [0.29, 0.717) is 0 Å². The maximum absolute atomic E-state index is 4.39. The number of aryl methyl sites for hydroxylation is 2. The Morgan fingerprint density at radius 3 is 2.50 bits per heavy atom. The van der Waals surface area contributed by atoms with Crippen molar-refractivity contribution in [2.24, 2.45) is 7.05 Å². The third-order valence-electron chi connectivity index (χ3n) is 2.16. The van der Waals surface area contributed by atoms with Gasteiger partial charge in [-0.15, -0.1) is 0 Å². The molecule has 1 aromatic rings. The van der Waals surface area contributed by atoms with Crippen molar-refractivity contribution >= 4 is 0 Å². The molecule has 0 amide bonds. The maximum atomic E-state index is 4.39. The first-order chi connectivity index (χ1) is 5.79.